The molecule has 0 saturated carbocycles. The van der Waals surface area contributed by atoms with E-state index < -0.39 is 0 Å². The van der Waals surface area contributed by atoms with E-state index in [1.165, 1.54) is 11.8 Å². The highest BCUT2D eigenvalue weighted by atomic mass is 32.2. The van der Waals surface area contributed by atoms with E-state index in [-0.39, 0.29) is 11.7 Å². The topological polar surface area (TPSA) is 90.1 Å². The molecule has 0 fully saturated rings. The number of aryl methyl sites for hydroxylation is 1. The number of aromatic nitrogens is 3. The smallest absolute Gasteiger partial charge is 0.234 e. The predicted octanol–water partition coefficient (Wildman–Crippen LogP) is 3.18. The van der Waals surface area contributed by atoms with Crippen LogP contribution in [0.15, 0.2) is 52.1 Å². The second-order valence-corrected chi connectivity index (χ2v) is 6.02. The first-order valence-electron chi connectivity index (χ1n) is 7.48. The number of nitrogens with one attached hydrogen (secondary N) is 1. The number of rotatable bonds is 6. The lowest BCUT2D eigenvalue weighted by atomic mass is 10.3. The van der Waals surface area contributed by atoms with Crippen molar-refractivity contribution in [1.29, 1.82) is 0 Å². The fraction of sp³-hybridized carbons (Fsp3) is 0.176. The van der Waals surface area contributed by atoms with Gasteiger partial charge in [-0.1, -0.05) is 16.9 Å². The van der Waals surface area contributed by atoms with Crippen LogP contribution in [0.2, 0.25) is 0 Å². The number of thioether (sulfide) groups is 1. The largest absolute Gasteiger partial charge is 0.497 e. The summed E-state index contributed by atoms with van der Waals surface area (Å²) in [5, 5.41) is 7.41. The molecule has 3 rings (SSSR count). The summed E-state index contributed by atoms with van der Waals surface area (Å²) in [4.78, 5) is 20.7. The summed E-state index contributed by atoms with van der Waals surface area (Å²) in [6, 6.07) is 10.8. The quantitative estimate of drug-likeness (QED) is 0.678. The van der Waals surface area contributed by atoms with Crippen LogP contribution in [0.5, 0.6) is 5.75 Å². The molecule has 3 aromatic rings. The SMILES string of the molecule is COc1ccc(NC(=O)CSc2ncccc2-c2noc(C)n2)cc1. The zero-order valence-corrected chi connectivity index (χ0v) is 14.5. The Balaban J connectivity index is 1.64. The van der Waals surface area contributed by atoms with Crippen molar-refractivity contribution in [3.05, 3.63) is 48.5 Å². The van der Waals surface area contributed by atoms with E-state index in [0.29, 0.717) is 22.4 Å². The zero-order chi connectivity index (χ0) is 17.6. The molecule has 7 nitrogen and oxygen atoms in total. The molecule has 25 heavy (non-hydrogen) atoms. The maximum Gasteiger partial charge on any atom is 0.234 e. The van der Waals surface area contributed by atoms with Crippen molar-refractivity contribution in [2.75, 3.05) is 18.2 Å². The molecule has 0 atom stereocenters. The Morgan fingerprint density at radius 2 is 2.08 bits per heavy atom. The molecule has 128 valence electrons. The maximum atomic E-state index is 12.2. The summed E-state index contributed by atoms with van der Waals surface area (Å²) in [5.74, 6) is 1.76. The molecule has 2 heterocycles. The fourth-order valence-corrected chi connectivity index (χ4v) is 2.88. The van der Waals surface area contributed by atoms with Crippen molar-refractivity contribution in [2.24, 2.45) is 0 Å². The molecule has 0 saturated heterocycles. The van der Waals surface area contributed by atoms with Gasteiger partial charge in [-0.3, -0.25) is 4.79 Å². The van der Waals surface area contributed by atoms with E-state index in [9.17, 15) is 4.79 Å². The van der Waals surface area contributed by atoms with Gasteiger partial charge in [-0.25, -0.2) is 4.98 Å². The molecule has 0 bridgehead atoms. The van der Waals surface area contributed by atoms with Crippen LogP contribution in [0.4, 0.5) is 5.69 Å². The Kier molecular flexibility index (Phi) is 5.30. The summed E-state index contributed by atoms with van der Waals surface area (Å²) in [5.41, 5.74) is 1.45. The summed E-state index contributed by atoms with van der Waals surface area (Å²) in [6.45, 7) is 1.72. The fourth-order valence-electron chi connectivity index (χ4n) is 2.09. The number of ether oxygens (including phenoxy) is 1. The van der Waals surface area contributed by atoms with Crippen LogP contribution in [0.25, 0.3) is 11.4 Å². The molecule has 2 aromatic heterocycles. The number of hydrogen-bond donors (Lipinski definition) is 1. The molecule has 0 aliphatic carbocycles. The summed E-state index contributed by atoms with van der Waals surface area (Å²) in [7, 11) is 1.60. The van der Waals surface area contributed by atoms with E-state index >= 15 is 0 Å². The van der Waals surface area contributed by atoms with Crippen LogP contribution >= 0.6 is 11.8 Å². The Morgan fingerprint density at radius 3 is 2.76 bits per heavy atom. The number of carbonyl (C=O) groups excluding carboxylic acids is 1. The summed E-state index contributed by atoms with van der Waals surface area (Å²) in [6.07, 6.45) is 1.67. The number of benzene rings is 1. The molecular formula is C17H16N4O3S. The van der Waals surface area contributed by atoms with Gasteiger partial charge in [-0.05, 0) is 36.4 Å². The molecule has 0 spiro atoms. The van der Waals surface area contributed by atoms with Crippen molar-refractivity contribution in [3.8, 4) is 17.1 Å². The third kappa shape index (κ3) is 4.36. The van der Waals surface area contributed by atoms with Crippen molar-refractivity contribution in [3.63, 3.8) is 0 Å². The van der Waals surface area contributed by atoms with Crippen LogP contribution in [0.3, 0.4) is 0 Å². The van der Waals surface area contributed by atoms with Gasteiger partial charge in [-0.2, -0.15) is 4.98 Å². The third-order valence-corrected chi connectivity index (χ3v) is 4.26. The summed E-state index contributed by atoms with van der Waals surface area (Å²) < 4.78 is 10.1. The molecule has 1 amide bonds. The molecular weight excluding hydrogens is 340 g/mol. The first kappa shape index (κ1) is 17.0. The van der Waals surface area contributed by atoms with Gasteiger partial charge >= 0.3 is 0 Å². The Morgan fingerprint density at radius 1 is 1.28 bits per heavy atom. The monoisotopic (exact) mass is 356 g/mol. The van der Waals surface area contributed by atoms with Crippen molar-refractivity contribution < 1.29 is 14.1 Å². The van der Waals surface area contributed by atoms with Crippen LogP contribution in [-0.2, 0) is 4.79 Å². The summed E-state index contributed by atoms with van der Waals surface area (Å²) >= 11 is 1.32. The Hall–Kier alpha value is -2.87. The van der Waals surface area contributed by atoms with Gasteiger partial charge in [0.1, 0.15) is 10.8 Å². The van der Waals surface area contributed by atoms with Crippen LogP contribution < -0.4 is 10.1 Å². The zero-order valence-electron chi connectivity index (χ0n) is 13.7. The van der Waals surface area contributed by atoms with E-state index in [0.717, 1.165) is 11.3 Å². The average Bonchev–Trinajstić information content (AvgIpc) is 3.07. The number of methoxy groups -OCH3 is 1. The van der Waals surface area contributed by atoms with Crippen molar-refractivity contribution in [2.45, 2.75) is 11.9 Å². The minimum Gasteiger partial charge on any atom is -0.497 e. The molecule has 8 heteroatoms. The maximum absolute atomic E-state index is 12.2. The molecule has 0 unspecified atom stereocenters. The van der Waals surface area contributed by atoms with Crippen molar-refractivity contribution in [1.82, 2.24) is 15.1 Å². The molecule has 1 N–H and O–H groups in total. The highest BCUT2D eigenvalue weighted by molar-refractivity contribution is 8.00. The van der Waals surface area contributed by atoms with Crippen molar-refractivity contribution >= 4 is 23.4 Å². The lowest BCUT2D eigenvalue weighted by Gasteiger charge is -2.07. The second kappa shape index (κ2) is 7.80. The Labute approximate surface area is 148 Å². The predicted molar refractivity (Wildman–Crippen MR) is 94.6 cm³/mol. The Bertz CT molecular complexity index is 864. The van der Waals surface area contributed by atoms with Gasteiger partial charge in [0.05, 0.1) is 18.4 Å². The standard InChI is InChI=1S/C17H16N4O3S/c1-11-19-16(21-24-11)14-4-3-9-18-17(14)25-10-15(22)20-12-5-7-13(23-2)8-6-12/h3-9H,10H2,1-2H3,(H,20,22). The van der Waals surface area contributed by atoms with E-state index in [2.05, 4.69) is 20.4 Å². The molecule has 0 radical (unpaired) electrons. The highest BCUT2D eigenvalue weighted by Gasteiger charge is 2.14. The average molecular weight is 356 g/mol. The molecule has 0 aliphatic rings. The van der Waals surface area contributed by atoms with Crippen LogP contribution in [-0.4, -0.2) is 33.9 Å². The number of anilines is 1. The number of amides is 1. The number of nitrogens with zero attached hydrogens (tertiary/aromatic N) is 3. The van der Waals surface area contributed by atoms with Crippen LogP contribution in [0.1, 0.15) is 5.89 Å². The third-order valence-electron chi connectivity index (χ3n) is 3.25. The number of carbonyl (C=O) groups is 1. The molecule has 1 aromatic carbocycles. The van der Waals surface area contributed by atoms with E-state index in [1.807, 2.05) is 6.07 Å². The highest BCUT2D eigenvalue weighted by Crippen LogP contribution is 2.27. The first-order chi connectivity index (χ1) is 12.2. The van der Waals surface area contributed by atoms with E-state index in [4.69, 9.17) is 9.26 Å². The van der Waals surface area contributed by atoms with Gasteiger partial charge < -0.3 is 14.6 Å². The van der Waals surface area contributed by atoms with Gasteiger partial charge in [0, 0.05) is 18.8 Å². The minimum absolute atomic E-state index is 0.129. The van der Waals surface area contributed by atoms with Gasteiger partial charge in [0.15, 0.2) is 0 Å². The van der Waals surface area contributed by atoms with Gasteiger partial charge in [0.25, 0.3) is 0 Å². The lowest BCUT2D eigenvalue weighted by molar-refractivity contribution is -0.113. The normalized spacial score (nSPS) is 10.5. The number of hydrogen-bond acceptors (Lipinski definition) is 7. The van der Waals surface area contributed by atoms with Gasteiger partial charge in [0.2, 0.25) is 17.6 Å². The second-order valence-electron chi connectivity index (χ2n) is 5.06. The minimum atomic E-state index is -0.129. The van der Waals surface area contributed by atoms with Crippen LogP contribution in [0, 0.1) is 6.92 Å². The lowest BCUT2D eigenvalue weighted by Crippen LogP contribution is -2.14. The van der Waals surface area contributed by atoms with Gasteiger partial charge in [-0.15, -0.1) is 0 Å². The van der Waals surface area contributed by atoms with E-state index in [1.54, 1.807) is 50.6 Å². The first-order valence-corrected chi connectivity index (χ1v) is 8.46. The molecule has 0 aliphatic heterocycles. The number of pyridine rings is 1.